The molecule has 92 valence electrons. The summed E-state index contributed by atoms with van der Waals surface area (Å²) in [5.74, 6) is -0.230. The van der Waals surface area contributed by atoms with Crippen LogP contribution in [0, 0.1) is 0 Å². The molecule has 0 unspecified atom stereocenters. The Morgan fingerprint density at radius 1 is 1.29 bits per heavy atom. The van der Waals surface area contributed by atoms with Crippen LogP contribution in [0.3, 0.4) is 0 Å². The summed E-state index contributed by atoms with van der Waals surface area (Å²) in [6.07, 6.45) is 0. The smallest absolute Gasteiger partial charge is 0.269 e. The zero-order valence-electron chi connectivity index (χ0n) is 10.1. The molecule has 0 aliphatic carbocycles. The molecule has 0 heterocycles. The fourth-order valence-electron chi connectivity index (χ4n) is 1.17. The first kappa shape index (κ1) is 13.2. The van der Waals surface area contributed by atoms with Crippen LogP contribution in [0.2, 0.25) is 0 Å². The summed E-state index contributed by atoms with van der Waals surface area (Å²) in [7, 11) is 5.52. The van der Waals surface area contributed by atoms with Crippen LogP contribution >= 0.6 is 12.2 Å². The highest BCUT2D eigenvalue weighted by Gasteiger charge is 2.06. The molecule has 1 rings (SSSR count). The number of nitrogens with one attached hydrogen (secondary N) is 3. The second-order valence-electron chi connectivity index (χ2n) is 3.60. The van der Waals surface area contributed by atoms with Crippen molar-refractivity contribution in [2.45, 2.75) is 0 Å². The van der Waals surface area contributed by atoms with Crippen molar-refractivity contribution >= 4 is 28.9 Å². The Bertz CT molecular complexity index is 420. The lowest BCUT2D eigenvalue weighted by atomic mass is 10.2. The zero-order chi connectivity index (χ0) is 12.8. The van der Waals surface area contributed by atoms with Crippen LogP contribution in [0.1, 0.15) is 10.4 Å². The Kier molecular flexibility index (Phi) is 4.71. The van der Waals surface area contributed by atoms with E-state index in [9.17, 15) is 4.79 Å². The van der Waals surface area contributed by atoms with Crippen LogP contribution in [-0.2, 0) is 0 Å². The van der Waals surface area contributed by atoms with E-state index in [1.54, 1.807) is 19.2 Å². The minimum Gasteiger partial charge on any atom is -0.378 e. The molecule has 6 heteroatoms. The monoisotopic (exact) mass is 252 g/mol. The highest BCUT2D eigenvalue weighted by molar-refractivity contribution is 7.80. The molecule has 0 bridgehead atoms. The molecule has 0 radical (unpaired) electrons. The summed E-state index contributed by atoms with van der Waals surface area (Å²) in [6, 6.07) is 7.31. The molecule has 0 aliphatic rings. The molecular weight excluding hydrogens is 236 g/mol. The van der Waals surface area contributed by atoms with Crippen LogP contribution in [0.15, 0.2) is 24.3 Å². The molecule has 0 atom stereocenters. The van der Waals surface area contributed by atoms with Gasteiger partial charge in [-0.25, -0.2) is 0 Å². The highest BCUT2D eigenvalue weighted by atomic mass is 32.1. The first-order valence-corrected chi connectivity index (χ1v) is 5.51. The van der Waals surface area contributed by atoms with Gasteiger partial charge in [-0.1, -0.05) is 6.07 Å². The average molecular weight is 252 g/mol. The molecule has 5 nitrogen and oxygen atoms in total. The molecule has 0 aliphatic heterocycles. The van der Waals surface area contributed by atoms with Crippen molar-refractivity contribution in [3.05, 3.63) is 29.8 Å². The van der Waals surface area contributed by atoms with Crippen LogP contribution in [-0.4, -0.2) is 32.2 Å². The summed E-state index contributed by atoms with van der Waals surface area (Å²) in [5, 5.41) is 3.06. The number of rotatable bonds is 2. The lowest BCUT2D eigenvalue weighted by molar-refractivity contribution is 0.0944. The standard InChI is InChI=1S/C11H16N4OS/c1-12-11(17)14-13-10(16)8-5-4-6-9(7-8)15(2)3/h4-7H,1-3H3,(H,13,16)(H2,12,14,17). The number of nitrogens with zero attached hydrogens (tertiary/aromatic N) is 1. The molecule has 0 spiro atoms. The van der Waals surface area contributed by atoms with Crippen LogP contribution < -0.4 is 21.1 Å². The number of anilines is 1. The third-order valence-corrected chi connectivity index (χ3v) is 2.45. The van der Waals surface area contributed by atoms with Crippen molar-refractivity contribution in [2.24, 2.45) is 0 Å². The van der Waals surface area contributed by atoms with Gasteiger partial charge in [0.2, 0.25) is 0 Å². The number of benzene rings is 1. The normalized spacial score (nSPS) is 9.35. The first-order chi connectivity index (χ1) is 8.04. The lowest BCUT2D eigenvalue weighted by Crippen LogP contribution is -2.45. The Hall–Kier alpha value is -1.82. The Balaban J connectivity index is 2.69. The van der Waals surface area contributed by atoms with Gasteiger partial charge >= 0.3 is 0 Å². The van der Waals surface area contributed by atoms with E-state index >= 15 is 0 Å². The van der Waals surface area contributed by atoms with Crippen molar-refractivity contribution in [2.75, 3.05) is 26.0 Å². The van der Waals surface area contributed by atoms with Crippen LogP contribution in [0.25, 0.3) is 0 Å². The van der Waals surface area contributed by atoms with Gasteiger partial charge in [-0.3, -0.25) is 15.6 Å². The van der Waals surface area contributed by atoms with Gasteiger partial charge in [-0.2, -0.15) is 0 Å². The molecule has 0 saturated carbocycles. The highest BCUT2D eigenvalue weighted by Crippen LogP contribution is 2.12. The van der Waals surface area contributed by atoms with Gasteiger partial charge in [0.25, 0.3) is 5.91 Å². The number of hydrogen-bond acceptors (Lipinski definition) is 3. The van der Waals surface area contributed by atoms with E-state index in [0.717, 1.165) is 5.69 Å². The van der Waals surface area contributed by atoms with Gasteiger partial charge in [-0.15, -0.1) is 0 Å². The minimum absolute atomic E-state index is 0.230. The number of thiocarbonyl (C=S) groups is 1. The van der Waals surface area contributed by atoms with Gasteiger partial charge in [0.05, 0.1) is 0 Å². The van der Waals surface area contributed by atoms with Crippen LogP contribution in [0.4, 0.5) is 5.69 Å². The van der Waals surface area contributed by atoms with Gasteiger partial charge in [0, 0.05) is 32.4 Å². The maximum atomic E-state index is 11.8. The Morgan fingerprint density at radius 3 is 2.59 bits per heavy atom. The second-order valence-corrected chi connectivity index (χ2v) is 4.01. The van der Waals surface area contributed by atoms with E-state index in [4.69, 9.17) is 12.2 Å². The van der Waals surface area contributed by atoms with E-state index in [0.29, 0.717) is 10.7 Å². The molecular formula is C11H16N4OS. The van der Waals surface area contributed by atoms with E-state index in [-0.39, 0.29) is 5.91 Å². The van der Waals surface area contributed by atoms with Crippen molar-refractivity contribution in [1.82, 2.24) is 16.2 Å². The molecule has 1 amide bonds. The van der Waals surface area contributed by atoms with E-state index in [1.165, 1.54) is 0 Å². The number of hydrogen-bond donors (Lipinski definition) is 3. The summed E-state index contributed by atoms with van der Waals surface area (Å²) >= 11 is 4.85. The van der Waals surface area contributed by atoms with Gasteiger partial charge in [-0.05, 0) is 30.4 Å². The maximum absolute atomic E-state index is 11.8. The number of hydrazine groups is 1. The van der Waals surface area contributed by atoms with E-state index in [1.807, 2.05) is 31.1 Å². The predicted molar refractivity (Wildman–Crippen MR) is 73.0 cm³/mol. The molecule has 0 fully saturated rings. The lowest BCUT2D eigenvalue weighted by Gasteiger charge is -2.14. The Labute approximate surface area is 106 Å². The molecule has 1 aromatic carbocycles. The summed E-state index contributed by atoms with van der Waals surface area (Å²) < 4.78 is 0. The average Bonchev–Trinajstić information content (AvgIpc) is 2.35. The van der Waals surface area contributed by atoms with E-state index in [2.05, 4.69) is 16.2 Å². The SMILES string of the molecule is CNC(=S)NNC(=O)c1cccc(N(C)C)c1. The minimum atomic E-state index is -0.230. The van der Waals surface area contributed by atoms with Gasteiger partial charge < -0.3 is 10.2 Å². The molecule has 0 aromatic heterocycles. The summed E-state index contributed by atoms with van der Waals surface area (Å²) in [5.41, 5.74) is 6.63. The molecule has 0 saturated heterocycles. The third-order valence-electron chi connectivity index (χ3n) is 2.14. The second kappa shape index (κ2) is 6.05. The quantitative estimate of drug-likeness (QED) is 0.528. The zero-order valence-corrected chi connectivity index (χ0v) is 10.9. The third kappa shape index (κ3) is 3.92. The van der Waals surface area contributed by atoms with E-state index < -0.39 is 0 Å². The van der Waals surface area contributed by atoms with Crippen molar-refractivity contribution in [3.8, 4) is 0 Å². The number of amides is 1. The van der Waals surface area contributed by atoms with Gasteiger partial charge in [0.1, 0.15) is 0 Å². The largest absolute Gasteiger partial charge is 0.378 e. The predicted octanol–water partition coefficient (Wildman–Crippen LogP) is 0.491. The number of carbonyl (C=O) groups excluding carboxylic acids is 1. The molecule has 3 N–H and O–H groups in total. The molecule has 17 heavy (non-hydrogen) atoms. The first-order valence-electron chi connectivity index (χ1n) is 5.10. The Morgan fingerprint density at radius 2 is 2.00 bits per heavy atom. The maximum Gasteiger partial charge on any atom is 0.269 e. The topological polar surface area (TPSA) is 56.4 Å². The number of carbonyl (C=O) groups is 1. The summed E-state index contributed by atoms with van der Waals surface area (Å²) in [6.45, 7) is 0. The van der Waals surface area contributed by atoms with Gasteiger partial charge in [0.15, 0.2) is 5.11 Å². The molecule has 1 aromatic rings. The fourth-order valence-corrected chi connectivity index (χ4v) is 1.22. The van der Waals surface area contributed by atoms with Crippen molar-refractivity contribution < 1.29 is 4.79 Å². The van der Waals surface area contributed by atoms with Crippen molar-refractivity contribution in [1.29, 1.82) is 0 Å². The fraction of sp³-hybridized carbons (Fsp3) is 0.273. The summed E-state index contributed by atoms with van der Waals surface area (Å²) in [4.78, 5) is 13.7. The van der Waals surface area contributed by atoms with Crippen molar-refractivity contribution in [3.63, 3.8) is 0 Å². The van der Waals surface area contributed by atoms with Crippen LogP contribution in [0.5, 0.6) is 0 Å².